The van der Waals surface area contributed by atoms with Crippen LogP contribution in [0.15, 0.2) is 41.6 Å². The highest BCUT2D eigenvalue weighted by molar-refractivity contribution is 5.37. The molecule has 0 amide bonds. The first-order chi connectivity index (χ1) is 13.7. The van der Waals surface area contributed by atoms with Crippen LogP contribution in [0.5, 0.6) is 0 Å². The van der Waals surface area contributed by atoms with Gasteiger partial charge in [0.1, 0.15) is 5.82 Å². The van der Waals surface area contributed by atoms with E-state index in [2.05, 4.69) is 50.1 Å². The molecule has 1 aromatic rings. The second kappa shape index (κ2) is 17.2. The summed E-state index contributed by atoms with van der Waals surface area (Å²) in [5.74, 6) is -0.157. The van der Waals surface area contributed by atoms with Gasteiger partial charge in [0, 0.05) is 5.70 Å². The largest absolute Gasteiger partial charge is 0.373 e. The summed E-state index contributed by atoms with van der Waals surface area (Å²) in [4.78, 5) is 2.19. The maximum atomic E-state index is 13.5. The third kappa shape index (κ3) is 13.2. The molecule has 0 spiro atoms. The Hall–Kier alpha value is -1.65. The van der Waals surface area contributed by atoms with Crippen molar-refractivity contribution in [3.05, 3.63) is 58.6 Å². The summed E-state index contributed by atoms with van der Waals surface area (Å²) in [6, 6.07) is 5.30. The Kier molecular flexibility index (Phi) is 17.6. The van der Waals surface area contributed by atoms with E-state index >= 15 is 0 Å². The molecule has 0 bridgehead atoms. The van der Waals surface area contributed by atoms with E-state index in [1.165, 1.54) is 5.57 Å². The lowest BCUT2D eigenvalue weighted by molar-refractivity contribution is 0.382. The number of halogens is 1. The highest BCUT2D eigenvalue weighted by atomic mass is 19.1. The first kappa shape index (κ1) is 29.6. The Morgan fingerprint density at radius 2 is 1.72 bits per heavy atom. The van der Waals surface area contributed by atoms with Gasteiger partial charge in [0.25, 0.3) is 0 Å². The van der Waals surface area contributed by atoms with Gasteiger partial charge in [-0.3, -0.25) is 5.32 Å². The summed E-state index contributed by atoms with van der Waals surface area (Å²) in [5.41, 5.74) is 5.10. The average Bonchev–Trinajstić information content (AvgIpc) is 2.68. The van der Waals surface area contributed by atoms with E-state index < -0.39 is 0 Å². The maximum Gasteiger partial charge on any atom is 0.126 e. The van der Waals surface area contributed by atoms with Crippen LogP contribution in [-0.4, -0.2) is 38.3 Å². The summed E-state index contributed by atoms with van der Waals surface area (Å²) >= 11 is 0. The number of aryl methyl sites for hydroxylation is 1. The monoisotopic (exact) mass is 407 g/mol. The van der Waals surface area contributed by atoms with E-state index in [9.17, 15) is 4.39 Å². The second-order valence-electron chi connectivity index (χ2n) is 7.12. The molecule has 2 N–H and O–H groups in total. The van der Waals surface area contributed by atoms with Gasteiger partial charge < -0.3 is 10.2 Å². The molecule has 1 rings (SSSR count). The Morgan fingerprint density at radius 1 is 1.14 bits per heavy atom. The standard InChI is InChI=1S/C21H34FN3.2C2H6/c1-15(2)20(14-19-9-10-21(22)16(3)13-19)17(4)24-18(5)23-11-8-12-25(6)7;2*1-2/h9-10,13,18,23-24H,1,8,11-12,14H2,2-7H3;2*1-2H3/b20-17-;;. The van der Waals surface area contributed by atoms with Crippen LogP contribution < -0.4 is 10.6 Å². The minimum Gasteiger partial charge on any atom is -0.373 e. The van der Waals surface area contributed by atoms with Crippen molar-refractivity contribution >= 4 is 0 Å². The van der Waals surface area contributed by atoms with E-state index in [0.29, 0.717) is 5.56 Å². The first-order valence-electron chi connectivity index (χ1n) is 11.0. The molecule has 29 heavy (non-hydrogen) atoms. The van der Waals surface area contributed by atoms with Crippen LogP contribution in [0, 0.1) is 12.7 Å². The Balaban J connectivity index is 0. The van der Waals surface area contributed by atoms with E-state index in [-0.39, 0.29) is 12.0 Å². The molecule has 168 valence electrons. The van der Waals surface area contributed by atoms with E-state index in [1.54, 1.807) is 13.0 Å². The lowest BCUT2D eigenvalue weighted by Crippen LogP contribution is -2.40. The predicted molar refractivity (Wildman–Crippen MR) is 129 cm³/mol. The van der Waals surface area contributed by atoms with Gasteiger partial charge in [-0.25, -0.2) is 4.39 Å². The molecule has 4 heteroatoms. The highest BCUT2D eigenvalue weighted by Crippen LogP contribution is 2.19. The number of nitrogens with one attached hydrogen (secondary N) is 2. The van der Waals surface area contributed by atoms with Crippen molar-refractivity contribution < 1.29 is 4.39 Å². The minimum absolute atomic E-state index is 0.157. The van der Waals surface area contributed by atoms with Gasteiger partial charge in [-0.05, 0) is 90.5 Å². The zero-order valence-electron chi connectivity index (χ0n) is 20.7. The van der Waals surface area contributed by atoms with Crippen molar-refractivity contribution in [1.82, 2.24) is 15.5 Å². The van der Waals surface area contributed by atoms with Crippen molar-refractivity contribution in [1.29, 1.82) is 0 Å². The van der Waals surface area contributed by atoms with Gasteiger partial charge in [0.2, 0.25) is 0 Å². The Labute approximate surface area is 180 Å². The predicted octanol–water partition coefficient (Wildman–Crippen LogP) is 6.06. The van der Waals surface area contributed by atoms with Crippen molar-refractivity contribution in [2.45, 2.75) is 74.4 Å². The normalized spacial score (nSPS) is 12.1. The summed E-state index contributed by atoms with van der Waals surface area (Å²) in [5, 5.41) is 7.01. The SMILES string of the molecule is C=C(C)/C(Cc1ccc(F)c(C)c1)=C(/C)NC(C)NCCCN(C)C.CC.CC. The van der Waals surface area contributed by atoms with Gasteiger partial charge in [-0.15, -0.1) is 0 Å². The minimum atomic E-state index is -0.157. The second-order valence-corrected chi connectivity index (χ2v) is 7.12. The molecular formula is C25H46FN3. The van der Waals surface area contributed by atoms with Crippen LogP contribution in [0.2, 0.25) is 0 Å². The molecule has 0 heterocycles. The van der Waals surface area contributed by atoms with Crippen molar-refractivity contribution in [2.24, 2.45) is 0 Å². The molecule has 1 unspecified atom stereocenters. The zero-order valence-corrected chi connectivity index (χ0v) is 20.7. The highest BCUT2D eigenvalue weighted by Gasteiger charge is 2.09. The molecule has 0 saturated carbocycles. The van der Waals surface area contributed by atoms with Crippen LogP contribution in [0.3, 0.4) is 0 Å². The lowest BCUT2D eigenvalue weighted by Gasteiger charge is -2.21. The first-order valence-corrected chi connectivity index (χ1v) is 11.0. The summed E-state index contributed by atoms with van der Waals surface area (Å²) < 4.78 is 13.5. The molecule has 0 aliphatic rings. The molecule has 0 aliphatic carbocycles. The maximum absolute atomic E-state index is 13.5. The molecule has 0 aromatic heterocycles. The van der Waals surface area contributed by atoms with Crippen molar-refractivity contribution in [2.75, 3.05) is 27.2 Å². The van der Waals surface area contributed by atoms with Crippen LogP contribution in [-0.2, 0) is 6.42 Å². The number of hydrogen-bond donors (Lipinski definition) is 2. The molecule has 1 aromatic carbocycles. The molecule has 0 aliphatic heterocycles. The van der Waals surface area contributed by atoms with Crippen LogP contribution in [0.25, 0.3) is 0 Å². The van der Waals surface area contributed by atoms with E-state index in [4.69, 9.17) is 0 Å². The van der Waals surface area contributed by atoms with Crippen LogP contribution >= 0.6 is 0 Å². The molecule has 0 saturated heterocycles. The molecule has 1 atom stereocenters. The van der Waals surface area contributed by atoms with Gasteiger partial charge in [-0.1, -0.05) is 52.0 Å². The fraction of sp³-hybridized carbons (Fsp3) is 0.600. The zero-order chi connectivity index (χ0) is 23.0. The van der Waals surface area contributed by atoms with E-state index in [0.717, 1.165) is 42.8 Å². The third-order valence-corrected chi connectivity index (χ3v) is 4.24. The summed E-state index contributed by atoms with van der Waals surface area (Å²) in [7, 11) is 4.18. The van der Waals surface area contributed by atoms with Gasteiger partial charge in [0.05, 0.1) is 6.17 Å². The van der Waals surface area contributed by atoms with Crippen LogP contribution in [0.1, 0.15) is 66.0 Å². The quantitative estimate of drug-likeness (QED) is 0.281. The van der Waals surface area contributed by atoms with Gasteiger partial charge >= 0.3 is 0 Å². The number of rotatable bonds is 10. The number of allylic oxidation sites excluding steroid dienone is 3. The van der Waals surface area contributed by atoms with Crippen molar-refractivity contribution in [3.8, 4) is 0 Å². The van der Waals surface area contributed by atoms with Crippen molar-refractivity contribution in [3.63, 3.8) is 0 Å². The smallest absolute Gasteiger partial charge is 0.126 e. The average molecular weight is 408 g/mol. The number of hydrogen-bond acceptors (Lipinski definition) is 3. The molecule has 0 fully saturated rings. The molecular weight excluding hydrogens is 361 g/mol. The topological polar surface area (TPSA) is 27.3 Å². The molecule has 0 radical (unpaired) electrons. The summed E-state index contributed by atoms with van der Waals surface area (Å²) in [6.07, 6.45) is 2.05. The molecule has 3 nitrogen and oxygen atoms in total. The van der Waals surface area contributed by atoms with E-state index in [1.807, 2.05) is 46.8 Å². The Morgan fingerprint density at radius 3 is 2.21 bits per heavy atom. The number of benzene rings is 1. The van der Waals surface area contributed by atoms with Gasteiger partial charge in [-0.2, -0.15) is 0 Å². The third-order valence-electron chi connectivity index (χ3n) is 4.24. The summed E-state index contributed by atoms with van der Waals surface area (Å²) in [6.45, 7) is 22.2. The fourth-order valence-electron chi connectivity index (χ4n) is 2.80. The van der Waals surface area contributed by atoms with Gasteiger partial charge in [0.15, 0.2) is 0 Å². The van der Waals surface area contributed by atoms with Crippen LogP contribution in [0.4, 0.5) is 4.39 Å². The Bertz CT molecular complexity index is 606. The number of nitrogens with zero attached hydrogens (tertiary/aromatic N) is 1. The fourth-order valence-corrected chi connectivity index (χ4v) is 2.80. The lowest BCUT2D eigenvalue weighted by atomic mass is 9.97.